The smallest absolute Gasteiger partial charge is 0.0724 e. The zero-order valence-corrected chi connectivity index (χ0v) is 8.36. The van der Waals surface area contributed by atoms with Crippen molar-refractivity contribution in [3.05, 3.63) is 41.7 Å². The minimum Gasteiger partial charge on any atom is -0.396 e. The van der Waals surface area contributed by atoms with E-state index in [0.29, 0.717) is 5.69 Å². The van der Waals surface area contributed by atoms with Gasteiger partial charge in [-0.1, -0.05) is 6.07 Å². The van der Waals surface area contributed by atoms with Gasteiger partial charge in [-0.2, -0.15) is 5.10 Å². The van der Waals surface area contributed by atoms with Gasteiger partial charge in [0.1, 0.15) is 0 Å². The first-order valence-electron chi connectivity index (χ1n) is 4.54. The first-order valence-corrected chi connectivity index (χ1v) is 4.54. The van der Waals surface area contributed by atoms with Crippen LogP contribution in [0, 0.1) is 13.8 Å². The zero-order valence-electron chi connectivity index (χ0n) is 8.36. The molecule has 0 bridgehead atoms. The predicted molar refractivity (Wildman–Crippen MR) is 57.5 cm³/mol. The van der Waals surface area contributed by atoms with E-state index in [2.05, 4.69) is 31.1 Å². The van der Waals surface area contributed by atoms with Crippen LogP contribution >= 0.6 is 0 Å². The van der Waals surface area contributed by atoms with Gasteiger partial charge in [0.05, 0.1) is 23.8 Å². The summed E-state index contributed by atoms with van der Waals surface area (Å²) >= 11 is 0. The topological polar surface area (TPSA) is 43.8 Å². The standard InChI is InChI=1S/C11H13N3/c1-8-3-4-11(5-9(8)2)14-7-10(12)6-13-14/h3-7H,12H2,1-2H3. The monoisotopic (exact) mass is 187 g/mol. The number of rotatable bonds is 1. The number of nitrogen functional groups attached to an aromatic ring is 1. The molecule has 0 unspecified atom stereocenters. The van der Waals surface area contributed by atoms with Gasteiger partial charge in [0.15, 0.2) is 0 Å². The summed E-state index contributed by atoms with van der Waals surface area (Å²) in [6.07, 6.45) is 3.46. The number of aromatic nitrogens is 2. The highest BCUT2D eigenvalue weighted by Gasteiger charge is 1.99. The Bertz CT molecular complexity index is 457. The van der Waals surface area contributed by atoms with E-state index in [1.54, 1.807) is 10.9 Å². The minimum atomic E-state index is 0.684. The lowest BCUT2D eigenvalue weighted by Crippen LogP contribution is -1.95. The van der Waals surface area contributed by atoms with Crippen molar-refractivity contribution in [3.63, 3.8) is 0 Å². The fourth-order valence-electron chi connectivity index (χ4n) is 1.35. The molecule has 3 heteroatoms. The van der Waals surface area contributed by atoms with E-state index in [-0.39, 0.29) is 0 Å². The fourth-order valence-corrected chi connectivity index (χ4v) is 1.35. The van der Waals surface area contributed by atoms with Crippen molar-refractivity contribution < 1.29 is 0 Å². The summed E-state index contributed by atoms with van der Waals surface area (Å²) in [7, 11) is 0. The van der Waals surface area contributed by atoms with Crippen molar-refractivity contribution in [1.82, 2.24) is 9.78 Å². The zero-order chi connectivity index (χ0) is 10.1. The van der Waals surface area contributed by atoms with Gasteiger partial charge in [-0.25, -0.2) is 4.68 Å². The van der Waals surface area contributed by atoms with Gasteiger partial charge in [-0.3, -0.25) is 0 Å². The number of nitrogens with two attached hydrogens (primary N) is 1. The third-order valence-corrected chi connectivity index (χ3v) is 2.36. The van der Waals surface area contributed by atoms with Gasteiger partial charge in [0, 0.05) is 0 Å². The summed E-state index contributed by atoms with van der Waals surface area (Å²) in [4.78, 5) is 0. The Morgan fingerprint density at radius 3 is 2.57 bits per heavy atom. The Morgan fingerprint density at radius 2 is 2.00 bits per heavy atom. The van der Waals surface area contributed by atoms with Crippen LogP contribution in [0.5, 0.6) is 0 Å². The van der Waals surface area contributed by atoms with Gasteiger partial charge >= 0.3 is 0 Å². The lowest BCUT2D eigenvalue weighted by Gasteiger charge is -2.04. The molecule has 1 aromatic carbocycles. The highest BCUT2D eigenvalue weighted by Crippen LogP contribution is 2.14. The molecule has 1 aromatic heterocycles. The molecule has 2 aromatic rings. The molecular formula is C11H13N3. The number of hydrogen-bond acceptors (Lipinski definition) is 2. The molecule has 3 nitrogen and oxygen atoms in total. The second-order valence-corrected chi connectivity index (χ2v) is 3.49. The van der Waals surface area contributed by atoms with E-state index < -0.39 is 0 Å². The van der Waals surface area contributed by atoms with Crippen LogP contribution in [0.15, 0.2) is 30.6 Å². The highest BCUT2D eigenvalue weighted by atomic mass is 15.3. The van der Waals surface area contributed by atoms with E-state index in [1.807, 2.05) is 12.3 Å². The van der Waals surface area contributed by atoms with Crippen LogP contribution < -0.4 is 5.73 Å². The van der Waals surface area contributed by atoms with Crippen LogP contribution in [0.25, 0.3) is 5.69 Å². The van der Waals surface area contributed by atoms with Gasteiger partial charge in [0.25, 0.3) is 0 Å². The largest absolute Gasteiger partial charge is 0.396 e. The van der Waals surface area contributed by atoms with E-state index >= 15 is 0 Å². The maximum atomic E-state index is 5.60. The second kappa shape index (κ2) is 3.18. The summed E-state index contributed by atoms with van der Waals surface area (Å²) in [5.41, 5.74) is 9.88. The molecule has 0 atom stereocenters. The van der Waals surface area contributed by atoms with Gasteiger partial charge < -0.3 is 5.73 Å². The molecule has 0 saturated heterocycles. The first kappa shape index (κ1) is 8.81. The van der Waals surface area contributed by atoms with E-state index in [0.717, 1.165) is 5.69 Å². The van der Waals surface area contributed by atoms with Crippen LogP contribution in [0.2, 0.25) is 0 Å². The molecule has 2 rings (SSSR count). The van der Waals surface area contributed by atoms with Crippen LogP contribution in [0.4, 0.5) is 5.69 Å². The molecule has 1 heterocycles. The average molecular weight is 187 g/mol. The fraction of sp³-hybridized carbons (Fsp3) is 0.182. The van der Waals surface area contributed by atoms with Gasteiger partial charge in [0.2, 0.25) is 0 Å². The average Bonchev–Trinajstić information content (AvgIpc) is 2.57. The highest BCUT2D eigenvalue weighted by molar-refractivity contribution is 5.42. The van der Waals surface area contributed by atoms with E-state index in [9.17, 15) is 0 Å². The molecule has 0 spiro atoms. The van der Waals surface area contributed by atoms with Crippen molar-refractivity contribution in [3.8, 4) is 5.69 Å². The van der Waals surface area contributed by atoms with Crippen LogP contribution in [0.1, 0.15) is 11.1 Å². The molecule has 0 aliphatic heterocycles. The quantitative estimate of drug-likeness (QED) is 0.742. The molecule has 2 N–H and O–H groups in total. The Morgan fingerprint density at radius 1 is 1.21 bits per heavy atom. The number of hydrogen-bond donors (Lipinski definition) is 1. The number of anilines is 1. The second-order valence-electron chi connectivity index (χ2n) is 3.49. The third kappa shape index (κ3) is 1.48. The predicted octanol–water partition coefficient (Wildman–Crippen LogP) is 2.07. The van der Waals surface area contributed by atoms with Gasteiger partial charge in [-0.05, 0) is 37.1 Å². The van der Waals surface area contributed by atoms with Crippen molar-refractivity contribution in [2.75, 3.05) is 5.73 Å². The molecule has 0 aliphatic carbocycles. The summed E-state index contributed by atoms with van der Waals surface area (Å²) in [6.45, 7) is 4.18. The number of nitrogens with zero attached hydrogens (tertiary/aromatic N) is 2. The summed E-state index contributed by atoms with van der Waals surface area (Å²) in [5, 5.41) is 4.15. The molecule has 14 heavy (non-hydrogen) atoms. The van der Waals surface area contributed by atoms with Crippen molar-refractivity contribution in [2.45, 2.75) is 13.8 Å². The molecule has 0 aliphatic rings. The normalized spacial score (nSPS) is 10.4. The van der Waals surface area contributed by atoms with Crippen LogP contribution in [-0.2, 0) is 0 Å². The van der Waals surface area contributed by atoms with Crippen molar-refractivity contribution >= 4 is 5.69 Å². The maximum Gasteiger partial charge on any atom is 0.0724 e. The summed E-state index contributed by atoms with van der Waals surface area (Å²) < 4.78 is 1.78. The third-order valence-electron chi connectivity index (χ3n) is 2.36. The van der Waals surface area contributed by atoms with E-state index in [4.69, 9.17) is 5.73 Å². The minimum absolute atomic E-state index is 0.684. The van der Waals surface area contributed by atoms with E-state index in [1.165, 1.54) is 11.1 Å². The SMILES string of the molecule is Cc1ccc(-n2cc(N)cn2)cc1C. The Labute approximate surface area is 83.2 Å². The van der Waals surface area contributed by atoms with Gasteiger partial charge in [-0.15, -0.1) is 0 Å². The molecule has 72 valence electrons. The maximum absolute atomic E-state index is 5.60. The van der Waals surface area contributed by atoms with Crippen LogP contribution in [0.3, 0.4) is 0 Å². The summed E-state index contributed by atoms with van der Waals surface area (Å²) in [6, 6.07) is 6.22. The summed E-state index contributed by atoms with van der Waals surface area (Å²) in [5.74, 6) is 0. The van der Waals surface area contributed by atoms with Crippen LogP contribution in [-0.4, -0.2) is 9.78 Å². The molecule has 0 fully saturated rings. The lowest BCUT2D eigenvalue weighted by molar-refractivity contribution is 0.878. The Balaban J connectivity index is 2.47. The molecule has 0 saturated carbocycles. The first-order chi connectivity index (χ1) is 6.66. The number of benzene rings is 1. The Hall–Kier alpha value is -1.77. The van der Waals surface area contributed by atoms with Crippen molar-refractivity contribution in [2.24, 2.45) is 0 Å². The molecule has 0 amide bonds. The Kier molecular flexibility index (Phi) is 2.00. The lowest BCUT2D eigenvalue weighted by atomic mass is 10.1. The number of aryl methyl sites for hydroxylation is 2. The molecular weight excluding hydrogens is 174 g/mol. The van der Waals surface area contributed by atoms with Crippen molar-refractivity contribution in [1.29, 1.82) is 0 Å². The molecule has 0 radical (unpaired) electrons.